The Morgan fingerprint density at radius 3 is 2.65 bits per heavy atom. The summed E-state index contributed by atoms with van der Waals surface area (Å²) in [6.07, 6.45) is 0.0223. The normalized spacial score (nSPS) is 21.2. The maximum absolute atomic E-state index is 10.4. The van der Waals surface area contributed by atoms with E-state index in [-0.39, 0.29) is 6.10 Å². The molecule has 1 aliphatic heterocycles. The third-order valence-corrected chi connectivity index (χ3v) is 4.30. The molecule has 3 heteroatoms. The van der Waals surface area contributed by atoms with Gasteiger partial charge in [-0.1, -0.05) is 39.7 Å². The standard InChI is InChI=1S/C17H17BrO2/c1-10-3-5-13(11(2)7-10)17-9-15(19)14-8-12(18)4-6-16(14)20-17/h3-8,15,17,19H,9H2,1-2H3. The largest absolute Gasteiger partial charge is 0.485 e. The van der Waals surface area contributed by atoms with Crippen molar-refractivity contribution in [3.63, 3.8) is 0 Å². The Morgan fingerprint density at radius 1 is 1.10 bits per heavy atom. The van der Waals surface area contributed by atoms with Crippen molar-refractivity contribution in [3.8, 4) is 5.75 Å². The first-order chi connectivity index (χ1) is 9.54. The summed E-state index contributed by atoms with van der Waals surface area (Å²) in [5, 5.41) is 10.4. The number of fused-ring (bicyclic) bond motifs is 1. The molecule has 0 fully saturated rings. The predicted molar refractivity (Wildman–Crippen MR) is 83.0 cm³/mol. The fourth-order valence-electron chi connectivity index (χ4n) is 2.80. The Balaban J connectivity index is 1.97. The van der Waals surface area contributed by atoms with Gasteiger partial charge in [0.1, 0.15) is 11.9 Å². The van der Waals surface area contributed by atoms with E-state index in [0.717, 1.165) is 21.3 Å². The lowest BCUT2D eigenvalue weighted by Gasteiger charge is -2.31. The molecular weight excluding hydrogens is 316 g/mol. The molecule has 2 unspecified atom stereocenters. The van der Waals surface area contributed by atoms with Crippen LogP contribution in [-0.4, -0.2) is 5.11 Å². The molecule has 1 aliphatic rings. The zero-order valence-corrected chi connectivity index (χ0v) is 13.1. The number of ether oxygens (including phenoxy) is 1. The van der Waals surface area contributed by atoms with Crippen molar-refractivity contribution in [2.24, 2.45) is 0 Å². The van der Waals surface area contributed by atoms with Crippen molar-refractivity contribution in [1.82, 2.24) is 0 Å². The van der Waals surface area contributed by atoms with Gasteiger partial charge in [0.05, 0.1) is 6.10 Å². The van der Waals surface area contributed by atoms with Gasteiger partial charge in [-0.25, -0.2) is 0 Å². The molecule has 0 spiro atoms. The van der Waals surface area contributed by atoms with Gasteiger partial charge < -0.3 is 9.84 Å². The molecule has 0 saturated carbocycles. The van der Waals surface area contributed by atoms with E-state index in [1.807, 2.05) is 18.2 Å². The van der Waals surface area contributed by atoms with Gasteiger partial charge in [-0.15, -0.1) is 0 Å². The Hall–Kier alpha value is -1.32. The summed E-state index contributed by atoms with van der Waals surface area (Å²) in [5.74, 6) is 0.775. The molecule has 0 bridgehead atoms. The van der Waals surface area contributed by atoms with Crippen molar-refractivity contribution < 1.29 is 9.84 Å². The maximum Gasteiger partial charge on any atom is 0.127 e. The summed E-state index contributed by atoms with van der Waals surface area (Å²) in [6, 6.07) is 12.1. The van der Waals surface area contributed by atoms with Crippen LogP contribution in [0.15, 0.2) is 40.9 Å². The molecule has 0 radical (unpaired) electrons. The van der Waals surface area contributed by atoms with Gasteiger partial charge in [-0.05, 0) is 43.2 Å². The van der Waals surface area contributed by atoms with Gasteiger partial charge in [-0.2, -0.15) is 0 Å². The number of halogens is 1. The van der Waals surface area contributed by atoms with Crippen LogP contribution < -0.4 is 4.74 Å². The van der Waals surface area contributed by atoms with E-state index in [2.05, 4.69) is 48.0 Å². The maximum atomic E-state index is 10.4. The Bertz CT molecular complexity index is 651. The van der Waals surface area contributed by atoms with E-state index in [9.17, 15) is 5.11 Å². The minimum atomic E-state index is -0.484. The van der Waals surface area contributed by atoms with Crippen LogP contribution in [0.2, 0.25) is 0 Å². The second kappa shape index (κ2) is 5.23. The van der Waals surface area contributed by atoms with E-state index in [0.29, 0.717) is 6.42 Å². The molecule has 2 nitrogen and oxygen atoms in total. The molecule has 1 N–H and O–H groups in total. The first kappa shape index (κ1) is 13.7. The lowest BCUT2D eigenvalue weighted by molar-refractivity contribution is 0.0654. The highest BCUT2D eigenvalue weighted by Crippen LogP contribution is 2.42. The Morgan fingerprint density at radius 2 is 1.90 bits per heavy atom. The van der Waals surface area contributed by atoms with E-state index in [1.165, 1.54) is 11.1 Å². The van der Waals surface area contributed by atoms with Crippen molar-refractivity contribution in [2.45, 2.75) is 32.5 Å². The number of rotatable bonds is 1. The molecule has 1 heterocycles. The molecule has 2 aromatic carbocycles. The predicted octanol–water partition coefficient (Wildman–Crippen LogP) is 4.62. The van der Waals surface area contributed by atoms with Crippen molar-refractivity contribution >= 4 is 15.9 Å². The van der Waals surface area contributed by atoms with Gasteiger partial charge in [-0.3, -0.25) is 0 Å². The number of aryl methyl sites for hydroxylation is 2. The van der Waals surface area contributed by atoms with Crippen molar-refractivity contribution in [1.29, 1.82) is 0 Å². The second-order valence-electron chi connectivity index (χ2n) is 5.40. The highest BCUT2D eigenvalue weighted by molar-refractivity contribution is 9.10. The number of aliphatic hydroxyl groups excluding tert-OH is 1. The minimum absolute atomic E-state index is 0.0840. The summed E-state index contributed by atoms with van der Waals surface area (Å²) in [7, 11) is 0. The molecular formula is C17H17BrO2. The van der Waals surface area contributed by atoms with Crippen LogP contribution in [-0.2, 0) is 0 Å². The third kappa shape index (κ3) is 2.48. The lowest BCUT2D eigenvalue weighted by atomic mass is 9.92. The highest BCUT2D eigenvalue weighted by Gasteiger charge is 2.28. The van der Waals surface area contributed by atoms with Gasteiger partial charge in [0.25, 0.3) is 0 Å². The van der Waals surface area contributed by atoms with E-state index in [4.69, 9.17) is 4.74 Å². The number of hydrogen-bond donors (Lipinski definition) is 1. The molecule has 0 aromatic heterocycles. The van der Waals surface area contributed by atoms with Gasteiger partial charge in [0, 0.05) is 16.5 Å². The average Bonchev–Trinajstić information content (AvgIpc) is 2.39. The monoisotopic (exact) mass is 332 g/mol. The summed E-state index contributed by atoms with van der Waals surface area (Å²) >= 11 is 3.43. The topological polar surface area (TPSA) is 29.5 Å². The van der Waals surface area contributed by atoms with Gasteiger partial charge in [0.15, 0.2) is 0 Å². The summed E-state index contributed by atoms with van der Waals surface area (Å²) in [6.45, 7) is 4.18. The molecule has 0 amide bonds. The van der Waals surface area contributed by atoms with E-state index < -0.39 is 6.10 Å². The van der Waals surface area contributed by atoms with Gasteiger partial charge >= 0.3 is 0 Å². The van der Waals surface area contributed by atoms with Crippen LogP contribution in [0.25, 0.3) is 0 Å². The molecule has 3 rings (SSSR count). The van der Waals surface area contributed by atoms with E-state index >= 15 is 0 Å². The first-order valence-corrected chi connectivity index (χ1v) is 7.55. The highest BCUT2D eigenvalue weighted by atomic mass is 79.9. The summed E-state index contributed by atoms with van der Waals surface area (Å²) in [4.78, 5) is 0. The molecule has 0 aliphatic carbocycles. The molecule has 2 atom stereocenters. The quantitative estimate of drug-likeness (QED) is 0.825. The zero-order valence-electron chi connectivity index (χ0n) is 11.6. The van der Waals surface area contributed by atoms with Crippen LogP contribution >= 0.6 is 15.9 Å². The molecule has 20 heavy (non-hydrogen) atoms. The second-order valence-corrected chi connectivity index (χ2v) is 6.32. The first-order valence-electron chi connectivity index (χ1n) is 6.76. The van der Waals surface area contributed by atoms with Gasteiger partial charge in [0.2, 0.25) is 0 Å². The number of aliphatic hydroxyl groups is 1. The summed E-state index contributed by atoms with van der Waals surface area (Å²) in [5.41, 5.74) is 4.47. The number of benzene rings is 2. The third-order valence-electron chi connectivity index (χ3n) is 3.81. The number of hydrogen-bond acceptors (Lipinski definition) is 2. The Labute approximate surface area is 127 Å². The molecule has 0 saturated heterocycles. The lowest BCUT2D eigenvalue weighted by Crippen LogP contribution is -2.19. The zero-order chi connectivity index (χ0) is 14.3. The van der Waals surface area contributed by atoms with Crippen LogP contribution in [0, 0.1) is 13.8 Å². The van der Waals surface area contributed by atoms with Crippen LogP contribution in [0.4, 0.5) is 0 Å². The summed E-state index contributed by atoms with van der Waals surface area (Å²) < 4.78 is 7.05. The van der Waals surface area contributed by atoms with E-state index in [1.54, 1.807) is 0 Å². The molecule has 104 valence electrons. The SMILES string of the molecule is Cc1ccc(C2CC(O)c3cc(Br)ccc3O2)c(C)c1. The van der Waals surface area contributed by atoms with Crippen LogP contribution in [0.3, 0.4) is 0 Å². The van der Waals surface area contributed by atoms with Crippen LogP contribution in [0.5, 0.6) is 5.75 Å². The minimum Gasteiger partial charge on any atom is -0.485 e. The van der Waals surface area contributed by atoms with Crippen molar-refractivity contribution in [2.75, 3.05) is 0 Å². The van der Waals surface area contributed by atoms with Crippen molar-refractivity contribution in [3.05, 3.63) is 63.1 Å². The average molecular weight is 333 g/mol. The Kier molecular flexibility index (Phi) is 3.57. The van der Waals surface area contributed by atoms with Crippen LogP contribution in [0.1, 0.15) is 40.9 Å². The fraction of sp³-hybridized carbons (Fsp3) is 0.294. The molecule has 2 aromatic rings. The smallest absolute Gasteiger partial charge is 0.127 e. The fourth-order valence-corrected chi connectivity index (χ4v) is 3.17.